The summed E-state index contributed by atoms with van der Waals surface area (Å²) in [7, 11) is 0. The summed E-state index contributed by atoms with van der Waals surface area (Å²) in [5.74, 6) is -0.868. The van der Waals surface area contributed by atoms with E-state index in [-0.39, 0.29) is 17.1 Å². The molecule has 3 aromatic heterocycles. The second kappa shape index (κ2) is 6.60. The van der Waals surface area contributed by atoms with Crippen LogP contribution in [0.2, 0.25) is 0 Å². The Morgan fingerprint density at radius 2 is 1.93 bits per heavy atom. The van der Waals surface area contributed by atoms with Crippen molar-refractivity contribution < 1.29 is 18.8 Å². The van der Waals surface area contributed by atoms with Gasteiger partial charge in [-0.2, -0.15) is 0 Å². The maximum Gasteiger partial charge on any atom is 0.339 e. The summed E-state index contributed by atoms with van der Waals surface area (Å²) in [5, 5.41) is 5.17. The van der Waals surface area contributed by atoms with Crippen molar-refractivity contribution in [1.82, 2.24) is 15.1 Å². The van der Waals surface area contributed by atoms with Gasteiger partial charge in [-0.15, -0.1) is 0 Å². The number of carbonyl (C=O) groups excluding carboxylic acids is 2. The van der Waals surface area contributed by atoms with Crippen molar-refractivity contribution in [3.8, 4) is 0 Å². The summed E-state index contributed by atoms with van der Waals surface area (Å²) < 4.78 is 10.7. The van der Waals surface area contributed by atoms with Crippen LogP contribution in [0.25, 0.3) is 22.0 Å². The van der Waals surface area contributed by atoms with Crippen molar-refractivity contribution in [2.45, 2.75) is 33.8 Å². The second-order valence-electron chi connectivity index (χ2n) is 6.84. The minimum absolute atomic E-state index is 0.257. The molecule has 1 aromatic carbocycles. The molecule has 0 radical (unpaired) electrons. The van der Waals surface area contributed by atoms with E-state index < -0.39 is 12.1 Å². The van der Waals surface area contributed by atoms with Crippen LogP contribution in [0.1, 0.15) is 44.7 Å². The van der Waals surface area contributed by atoms with Crippen molar-refractivity contribution in [1.29, 1.82) is 0 Å². The van der Waals surface area contributed by atoms with E-state index in [1.807, 2.05) is 31.2 Å². The van der Waals surface area contributed by atoms with Gasteiger partial charge < -0.3 is 14.2 Å². The lowest BCUT2D eigenvalue weighted by atomic mass is 10.0. The molecular weight excluding hydrogens is 358 g/mol. The first-order valence-electron chi connectivity index (χ1n) is 8.93. The zero-order valence-electron chi connectivity index (χ0n) is 16.0. The molecule has 0 unspecified atom stereocenters. The Morgan fingerprint density at radius 3 is 2.71 bits per heavy atom. The predicted octanol–water partition coefficient (Wildman–Crippen LogP) is 4.06. The number of esters is 1. The Hall–Kier alpha value is -3.48. The molecule has 0 saturated heterocycles. The smallest absolute Gasteiger partial charge is 0.339 e. The lowest BCUT2D eigenvalue weighted by Gasteiger charge is -2.13. The van der Waals surface area contributed by atoms with Gasteiger partial charge in [0.15, 0.2) is 6.10 Å². The number of aromatic nitrogens is 3. The third kappa shape index (κ3) is 2.85. The molecule has 0 aliphatic heterocycles. The highest BCUT2D eigenvalue weighted by atomic mass is 16.5. The van der Waals surface area contributed by atoms with Crippen molar-refractivity contribution in [2.75, 3.05) is 0 Å². The van der Waals surface area contributed by atoms with Crippen LogP contribution in [0.3, 0.4) is 0 Å². The summed E-state index contributed by atoms with van der Waals surface area (Å²) in [5.41, 5.74) is 3.85. The van der Waals surface area contributed by atoms with E-state index in [1.165, 1.54) is 0 Å². The van der Waals surface area contributed by atoms with E-state index in [4.69, 9.17) is 9.26 Å². The largest absolute Gasteiger partial charge is 0.451 e. The number of Topliss-reactive ketones (excluding diaryl/α,β-unsaturated/α-hetero) is 1. The Kier molecular flexibility index (Phi) is 4.22. The molecule has 1 N–H and O–H groups in total. The number of H-pyrrole nitrogens is 1. The van der Waals surface area contributed by atoms with Crippen molar-refractivity contribution in [3.05, 3.63) is 58.5 Å². The number of fused-ring (bicyclic) bond motifs is 2. The Morgan fingerprint density at radius 1 is 1.18 bits per heavy atom. The standard InChI is InChI=1S/C21H19N3O4/c1-10-9-15(18-12(3)24-28-20(18)22-10)21(26)27-13(4)19(25)17-11(2)23-16-8-6-5-7-14(16)17/h5-9,13,23H,1-4H3/t13-/m0/s1. The first-order chi connectivity index (χ1) is 13.4. The lowest BCUT2D eigenvalue weighted by molar-refractivity contribution is 0.0321. The molecule has 0 bridgehead atoms. The molecule has 7 nitrogen and oxygen atoms in total. The van der Waals surface area contributed by atoms with Crippen LogP contribution >= 0.6 is 0 Å². The summed E-state index contributed by atoms with van der Waals surface area (Å²) in [6.07, 6.45) is -0.950. The minimum atomic E-state index is -0.950. The topological polar surface area (TPSA) is 98.1 Å². The maximum absolute atomic E-state index is 13.0. The van der Waals surface area contributed by atoms with Crippen LogP contribution in [0, 0.1) is 20.8 Å². The van der Waals surface area contributed by atoms with Gasteiger partial charge in [-0.3, -0.25) is 4.79 Å². The second-order valence-corrected chi connectivity index (χ2v) is 6.84. The fraction of sp³-hybridized carbons (Fsp3) is 0.238. The third-order valence-corrected chi connectivity index (χ3v) is 4.76. The third-order valence-electron chi connectivity index (χ3n) is 4.76. The number of pyridine rings is 1. The van der Waals surface area contributed by atoms with E-state index in [9.17, 15) is 9.59 Å². The number of carbonyl (C=O) groups is 2. The number of hydrogen-bond acceptors (Lipinski definition) is 6. The number of nitrogens with zero attached hydrogens (tertiary/aromatic N) is 2. The number of benzene rings is 1. The predicted molar refractivity (Wildman–Crippen MR) is 104 cm³/mol. The molecule has 3 heterocycles. The molecule has 4 rings (SSSR count). The number of ether oxygens (including phenoxy) is 1. The molecule has 7 heteroatoms. The van der Waals surface area contributed by atoms with Crippen LogP contribution in [0.4, 0.5) is 0 Å². The van der Waals surface area contributed by atoms with E-state index in [1.54, 1.807) is 26.8 Å². The van der Waals surface area contributed by atoms with Gasteiger partial charge in [-0.25, -0.2) is 9.78 Å². The van der Waals surface area contributed by atoms with Gasteiger partial charge in [0.25, 0.3) is 5.71 Å². The number of hydrogen-bond donors (Lipinski definition) is 1. The molecule has 4 aromatic rings. The Balaban J connectivity index is 1.66. The molecule has 0 aliphatic carbocycles. The fourth-order valence-corrected chi connectivity index (χ4v) is 3.45. The van der Waals surface area contributed by atoms with E-state index in [0.29, 0.717) is 22.3 Å². The van der Waals surface area contributed by atoms with Gasteiger partial charge in [-0.05, 0) is 39.8 Å². The highest BCUT2D eigenvalue weighted by molar-refractivity contribution is 6.12. The highest BCUT2D eigenvalue weighted by Crippen LogP contribution is 2.26. The van der Waals surface area contributed by atoms with Crippen LogP contribution < -0.4 is 0 Å². The molecule has 0 amide bonds. The van der Waals surface area contributed by atoms with Gasteiger partial charge in [-0.1, -0.05) is 23.4 Å². The van der Waals surface area contributed by atoms with Gasteiger partial charge in [0, 0.05) is 27.9 Å². The lowest BCUT2D eigenvalue weighted by Crippen LogP contribution is -2.25. The Bertz CT molecular complexity index is 1240. The number of rotatable bonds is 4. The minimum Gasteiger partial charge on any atom is -0.451 e. The zero-order valence-corrected chi connectivity index (χ0v) is 16.0. The van der Waals surface area contributed by atoms with Gasteiger partial charge in [0.05, 0.1) is 16.6 Å². The fourth-order valence-electron chi connectivity index (χ4n) is 3.45. The molecule has 0 saturated carbocycles. The number of para-hydroxylation sites is 1. The number of aryl methyl sites for hydroxylation is 3. The molecule has 0 aliphatic rings. The molecule has 28 heavy (non-hydrogen) atoms. The molecule has 1 atom stereocenters. The quantitative estimate of drug-likeness (QED) is 0.425. The first-order valence-corrected chi connectivity index (χ1v) is 8.93. The van der Waals surface area contributed by atoms with E-state index in [2.05, 4.69) is 15.1 Å². The average molecular weight is 377 g/mol. The van der Waals surface area contributed by atoms with Gasteiger partial charge in [0.1, 0.15) is 0 Å². The van der Waals surface area contributed by atoms with Gasteiger partial charge >= 0.3 is 5.97 Å². The Labute approximate surface area is 160 Å². The summed E-state index contributed by atoms with van der Waals surface area (Å²) in [6, 6.07) is 9.16. The highest BCUT2D eigenvalue weighted by Gasteiger charge is 2.26. The monoisotopic (exact) mass is 377 g/mol. The summed E-state index contributed by atoms with van der Waals surface area (Å²) in [4.78, 5) is 33.3. The number of ketones is 1. The maximum atomic E-state index is 13.0. The molecule has 142 valence electrons. The SMILES string of the molecule is Cc1cc(C(=O)O[C@@H](C)C(=O)c2c(C)[nH]c3ccccc23)c2c(C)noc2n1. The number of nitrogens with one attached hydrogen (secondary N) is 1. The van der Waals surface area contributed by atoms with E-state index >= 15 is 0 Å². The molecular formula is C21H19N3O4. The van der Waals surface area contributed by atoms with Crippen LogP contribution in [-0.4, -0.2) is 33.0 Å². The van der Waals surface area contributed by atoms with Gasteiger partial charge in [0.2, 0.25) is 5.78 Å². The summed E-state index contributed by atoms with van der Waals surface area (Å²) in [6.45, 7) is 6.88. The first kappa shape index (κ1) is 17.9. The average Bonchev–Trinajstić information content (AvgIpc) is 3.19. The normalized spacial score (nSPS) is 12.4. The summed E-state index contributed by atoms with van der Waals surface area (Å²) >= 11 is 0. The van der Waals surface area contributed by atoms with Crippen LogP contribution in [-0.2, 0) is 4.74 Å². The van der Waals surface area contributed by atoms with Crippen LogP contribution in [0.15, 0.2) is 34.9 Å². The van der Waals surface area contributed by atoms with Crippen molar-refractivity contribution in [3.63, 3.8) is 0 Å². The molecule has 0 fully saturated rings. The van der Waals surface area contributed by atoms with Crippen molar-refractivity contribution in [2.24, 2.45) is 0 Å². The van der Waals surface area contributed by atoms with Crippen LogP contribution in [0.5, 0.6) is 0 Å². The van der Waals surface area contributed by atoms with E-state index in [0.717, 1.165) is 16.6 Å². The molecule has 0 spiro atoms. The van der Waals surface area contributed by atoms with Crippen molar-refractivity contribution >= 4 is 33.8 Å². The number of aromatic amines is 1. The zero-order chi connectivity index (χ0) is 20.0.